The number of unbranched alkanes of at least 4 members (excludes halogenated alkanes) is 1. The van der Waals surface area contributed by atoms with Crippen molar-refractivity contribution in [3.05, 3.63) is 11.8 Å². The number of rotatable bonds is 4. The van der Waals surface area contributed by atoms with Gasteiger partial charge >= 0.3 is 0 Å². The summed E-state index contributed by atoms with van der Waals surface area (Å²) in [6.45, 7) is 3.09. The van der Waals surface area contributed by atoms with Gasteiger partial charge in [-0.05, 0) is 19.3 Å². The van der Waals surface area contributed by atoms with Crippen LogP contribution >= 0.6 is 0 Å². The molecule has 0 fully saturated rings. The summed E-state index contributed by atoms with van der Waals surface area (Å²) in [5, 5.41) is 3.18. The second-order valence-corrected chi connectivity index (χ2v) is 3.21. The summed E-state index contributed by atoms with van der Waals surface area (Å²) in [6.07, 6.45) is 7.16. The summed E-state index contributed by atoms with van der Waals surface area (Å²) in [7, 11) is 0. The molecule has 0 spiro atoms. The van der Waals surface area contributed by atoms with Gasteiger partial charge in [0.2, 0.25) is 0 Å². The Labute approximate surface area is 74.0 Å². The summed E-state index contributed by atoms with van der Waals surface area (Å²) in [4.78, 5) is 11.3. The number of Topliss-reactive ketones (excluding diaryl/α,β-unsaturated/α-hetero) is 1. The Balaban J connectivity index is 2.29. The maximum Gasteiger partial charge on any atom is 0.178 e. The lowest BCUT2D eigenvalue weighted by Gasteiger charge is -2.13. The summed E-state index contributed by atoms with van der Waals surface area (Å²) in [6, 6.07) is 0. The maximum atomic E-state index is 11.3. The van der Waals surface area contributed by atoms with Gasteiger partial charge in [0.25, 0.3) is 0 Å². The molecule has 0 aromatic rings. The molecule has 2 nitrogen and oxygen atoms in total. The molecular weight excluding hydrogens is 150 g/mol. The molecule has 12 heavy (non-hydrogen) atoms. The SMILES string of the molecule is CCCCNC1=CCCCC1=O. The van der Waals surface area contributed by atoms with Crippen molar-refractivity contribution in [2.75, 3.05) is 6.54 Å². The Morgan fingerprint density at radius 1 is 1.58 bits per heavy atom. The van der Waals surface area contributed by atoms with Crippen LogP contribution in [0.15, 0.2) is 11.8 Å². The molecule has 0 bridgehead atoms. The highest BCUT2D eigenvalue weighted by Crippen LogP contribution is 2.11. The Bertz CT molecular complexity index is 184. The molecule has 0 aromatic carbocycles. The van der Waals surface area contributed by atoms with E-state index in [0.717, 1.165) is 37.9 Å². The van der Waals surface area contributed by atoms with Crippen LogP contribution in [-0.2, 0) is 4.79 Å². The van der Waals surface area contributed by atoms with E-state index >= 15 is 0 Å². The van der Waals surface area contributed by atoms with E-state index < -0.39 is 0 Å². The zero-order valence-corrected chi connectivity index (χ0v) is 7.73. The highest BCUT2D eigenvalue weighted by atomic mass is 16.1. The Morgan fingerprint density at radius 3 is 3.08 bits per heavy atom. The van der Waals surface area contributed by atoms with Crippen molar-refractivity contribution in [2.24, 2.45) is 0 Å². The minimum Gasteiger partial charge on any atom is -0.382 e. The number of carbonyl (C=O) groups is 1. The smallest absolute Gasteiger partial charge is 0.178 e. The quantitative estimate of drug-likeness (QED) is 0.649. The standard InChI is InChI=1S/C10H17NO/c1-2-3-8-11-9-6-4-5-7-10(9)12/h6,11H,2-5,7-8H2,1H3. The Morgan fingerprint density at radius 2 is 2.42 bits per heavy atom. The van der Waals surface area contributed by atoms with Crippen LogP contribution in [0.5, 0.6) is 0 Å². The number of allylic oxidation sites excluding steroid dienone is 2. The molecule has 0 atom stereocenters. The van der Waals surface area contributed by atoms with Gasteiger partial charge in [-0.2, -0.15) is 0 Å². The molecular formula is C10H17NO. The fourth-order valence-electron chi connectivity index (χ4n) is 1.33. The predicted octanol–water partition coefficient (Wildman–Crippen LogP) is 2.01. The molecule has 0 saturated carbocycles. The number of nitrogens with one attached hydrogen (secondary N) is 1. The highest BCUT2D eigenvalue weighted by Gasteiger charge is 2.11. The lowest BCUT2D eigenvalue weighted by molar-refractivity contribution is -0.116. The fourth-order valence-corrected chi connectivity index (χ4v) is 1.33. The molecule has 0 radical (unpaired) electrons. The third-order valence-corrected chi connectivity index (χ3v) is 2.10. The maximum absolute atomic E-state index is 11.3. The first-order chi connectivity index (χ1) is 5.84. The van der Waals surface area contributed by atoms with E-state index in [1.807, 2.05) is 6.08 Å². The van der Waals surface area contributed by atoms with E-state index in [2.05, 4.69) is 12.2 Å². The van der Waals surface area contributed by atoms with Crippen LogP contribution in [0.3, 0.4) is 0 Å². The minimum atomic E-state index is 0.289. The van der Waals surface area contributed by atoms with Crippen LogP contribution in [0.2, 0.25) is 0 Å². The first-order valence-electron chi connectivity index (χ1n) is 4.82. The van der Waals surface area contributed by atoms with Crippen molar-refractivity contribution < 1.29 is 4.79 Å². The topological polar surface area (TPSA) is 29.1 Å². The summed E-state index contributed by atoms with van der Waals surface area (Å²) in [5.41, 5.74) is 0.856. The van der Waals surface area contributed by atoms with Crippen molar-refractivity contribution in [3.8, 4) is 0 Å². The van der Waals surface area contributed by atoms with Gasteiger partial charge in [0.1, 0.15) is 0 Å². The van der Waals surface area contributed by atoms with Crippen molar-refractivity contribution >= 4 is 5.78 Å². The van der Waals surface area contributed by atoms with E-state index in [-0.39, 0.29) is 5.78 Å². The average molecular weight is 167 g/mol. The van der Waals surface area contributed by atoms with Crippen molar-refractivity contribution in [2.45, 2.75) is 39.0 Å². The van der Waals surface area contributed by atoms with Crippen LogP contribution in [0, 0.1) is 0 Å². The Hall–Kier alpha value is -0.790. The molecule has 0 aliphatic heterocycles. The average Bonchev–Trinajstić information content (AvgIpc) is 2.09. The first kappa shape index (κ1) is 9.30. The Kier molecular flexibility index (Phi) is 3.85. The second kappa shape index (κ2) is 4.96. The van der Waals surface area contributed by atoms with Gasteiger partial charge in [-0.3, -0.25) is 4.79 Å². The van der Waals surface area contributed by atoms with Gasteiger partial charge in [0, 0.05) is 13.0 Å². The van der Waals surface area contributed by atoms with Gasteiger partial charge in [0.05, 0.1) is 5.70 Å². The van der Waals surface area contributed by atoms with Crippen LogP contribution in [0.4, 0.5) is 0 Å². The van der Waals surface area contributed by atoms with E-state index in [1.54, 1.807) is 0 Å². The largest absolute Gasteiger partial charge is 0.382 e. The van der Waals surface area contributed by atoms with Crippen molar-refractivity contribution in [1.82, 2.24) is 5.32 Å². The molecule has 2 heteroatoms. The highest BCUT2D eigenvalue weighted by molar-refractivity contribution is 5.95. The van der Waals surface area contributed by atoms with Crippen LogP contribution in [0.25, 0.3) is 0 Å². The summed E-state index contributed by atoms with van der Waals surface area (Å²) in [5.74, 6) is 0.289. The number of carbonyl (C=O) groups excluding carboxylic acids is 1. The number of ketones is 1. The predicted molar refractivity (Wildman–Crippen MR) is 49.9 cm³/mol. The molecule has 68 valence electrons. The number of hydrogen-bond acceptors (Lipinski definition) is 2. The van der Waals surface area contributed by atoms with Crippen molar-refractivity contribution in [1.29, 1.82) is 0 Å². The van der Waals surface area contributed by atoms with Gasteiger partial charge in [0.15, 0.2) is 5.78 Å². The molecule has 1 aliphatic rings. The van der Waals surface area contributed by atoms with E-state index in [1.165, 1.54) is 6.42 Å². The molecule has 0 amide bonds. The van der Waals surface area contributed by atoms with Crippen molar-refractivity contribution in [3.63, 3.8) is 0 Å². The summed E-state index contributed by atoms with van der Waals surface area (Å²) < 4.78 is 0. The first-order valence-corrected chi connectivity index (χ1v) is 4.82. The normalized spacial score (nSPS) is 17.4. The van der Waals surface area contributed by atoms with Gasteiger partial charge in [-0.25, -0.2) is 0 Å². The molecule has 0 aromatic heterocycles. The zero-order chi connectivity index (χ0) is 8.81. The minimum absolute atomic E-state index is 0.289. The molecule has 0 unspecified atom stereocenters. The van der Waals surface area contributed by atoms with Gasteiger partial charge in [-0.1, -0.05) is 19.4 Å². The van der Waals surface area contributed by atoms with Crippen LogP contribution < -0.4 is 5.32 Å². The van der Waals surface area contributed by atoms with E-state index in [4.69, 9.17) is 0 Å². The molecule has 0 saturated heterocycles. The van der Waals surface area contributed by atoms with Gasteiger partial charge < -0.3 is 5.32 Å². The molecule has 0 heterocycles. The van der Waals surface area contributed by atoms with Crippen LogP contribution in [-0.4, -0.2) is 12.3 Å². The lowest BCUT2D eigenvalue weighted by atomic mass is 10.0. The molecule has 1 N–H and O–H groups in total. The lowest BCUT2D eigenvalue weighted by Crippen LogP contribution is -2.23. The third-order valence-electron chi connectivity index (χ3n) is 2.10. The zero-order valence-electron chi connectivity index (χ0n) is 7.73. The molecule has 1 aliphatic carbocycles. The van der Waals surface area contributed by atoms with E-state index in [9.17, 15) is 4.79 Å². The third kappa shape index (κ3) is 2.68. The monoisotopic (exact) mass is 167 g/mol. The molecule has 1 rings (SSSR count). The van der Waals surface area contributed by atoms with Crippen LogP contribution in [0.1, 0.15) is 39.0 Å². The second-order valence-electron chi connectivity index (χ2n) is 3.21. The summed E-state index contributed by atoms with van der Waals surface area (Å²) >= 11 is 0. The fraction of sp³-hybridized carbons (Fsp3) is 0.700. The van der Waals surface area contributed by atoms with Gasteiger partial charge in [-0.15, -0.1) is 0 Å². The van der Waals surface area contributed by atoms with E-state index in [0.29, 0.717) is 0 Å². The number of hydrogen-bond donors (Lipinski definition) is 1.